The molecule has 1 N–H and O–H groups in total. The maximum absolute atomic E-state index is 10.2. The molecule has 0 aliphatic carbocycles. The van der Waals surface area contributed by atoms with Crippen LogP contribution in [0.25, 0.3) is 0 Å². The van der Waals surface area contributed by atoms with Crippen molar-refractivity contribution in [1.82, 2.24) is 0 Å². The van der Waals surface area contributed by atoms with Gasteiger partial charge in [-0.15, -0.1) is 0 Å². The van der Waals surface area contributed by atoms with Gasteiger partial charge in [0.25, 0.3) is 0 Å². The number of hydrogen-bond donors (Lipinski definition) is 1. The number of esters is 1. The maximum Gasteiger partial charge on any atom is 0.318 e. The topological polar surface area (TPSA) is 82.1 Å². The summed E-state index contributed by atoms with van der Waals surface area (Å²) in [5.41, 5.74) is 0. The molecular formula is C9H21O6P. The van der Waals surface area contributed by atoms with Crippen LogP contribution in [-0.4, -0.2) is 30.9 Å². The second-order valence-electron chi connectivity index (χ2n) is 2.78. The first kappa shape index (κ1) is 18.0. The molecule has 0 aromatic carbocycles. The fourth-order valence-corrected chi connectivity index (χ4v) is 0.579. The highest BCUT2D eigenvalue weighted by molar-refractivity contribution is 7.32. The van der Waals surface area contributed by atoms with Gasteiger partial charge in [-0.1, -0.05) is 26.7 Å². The van der Waals surface area contributed by atoms with E-state index in [1.807, 2.05) is 0 Å². The van der Waals surface area contributed by atoms with Gasteiger partial charge in [0.05, 0.1) is 6.61 Å². The minimum atomic E-state index is -2.92. The summed E-state index contributed by atoms with van der Waals surface area (Å²) >= 11 is 0. The van der Waals surface area contributed by atoms with Crippen LogP contribution < -0.4 is 0 Å². The molecule has 0 rings (SSSR count). The minimum absolute atomic E-state index is 0.116. The van der Waals surface area contributed by atoms with E-state index in [-0.39, 0.29) is 20.0 Å². The van der Waals surface area contributed by atoms with E-state index in [1.165, 1.54) is 19.8 Å². The van der Waals surface area contributed by atoms with E-state index in [0.717, 1.165) is 0 Å². The molecule has 0 aliphatic rings. The third-order valence-electron chi connectivity index (χ3n) is 1.30. The van der Waals surface area contributed by atoms with E-state index in [9.17, 15) is 9.36 Å². The Morgan fingerprint density at radius 2 is 1.81 bits per heavy atom. The predicted octanol–water partition coefficient (Wildman–Crippen LogP) is 1.73. The van der Waals surface area contributed by atoms with Crippen LogP contribution in [0.15, 0.2) is 0 Å². The molecule has 0 heterocycles. The highest BCUT2D eigenvalue weighted by atomic mass is 31.1. The molecule has 0 aliphatic heterocycles. The Labute approximate surface area is 96.8 Å². The molecule has 6 nitrogen and oxygen atoms in total. The van der Waals surface area contributed by atoms with Gasteiger partial charge in [-0.2, -0.15) is 0 Å². The molecule has 0 bridgehead atoms. The van der Waals surface area contributed by atoms with E-state index in [2.05, 4.69) is 27.8 Å². The number of rotatable bonds is 7. The second-order valence-corrected chi connectivity index (χ2v) is 3.60. The van der Waals surface area contributed by atoms with Crippen LogP contribution in [-0.2, 0) is 23.4 Å². The standard InChI is InChI=1S/C5H11O6P.C4H10/c1-5(6)10-3-2-9-4-11-12(7)8;1-3-4-2/h12H,2-4H2,1H3,(H,7,8);3-4H2,1-2H3. The molecule has 0 amide bonds. The quantitative estimate of drug-likeness (QED) is 0.323. The average Bonchev–Trinajstić information content (AvgIpc) is 2.23. The Kier molecular flexibility index (Phi) is 16.4. The van der Waals surface area contributed by atoms with Crippen molar-refractivity contribution in [2.45, 2.75) is 33.6 Å². The zero-order valence-corrected chi connectivity index (χ0v) is 11.0. The van der Waals surface area contributed by atoms with Gasteiger partial charge in [0.1, 0.15) is 6.61 Å². The van der Waals surface area contributed by atoms with Crippen molar-refractivity contribution >= 4 is 14.2 Å². The third-order valence-corrected chi connectivity index (χ3v) is 1.66. The van der Waals surface area contributed by atoms with Crippen molar-refractivity contribution in [2.24, 2.45) is 0 Å². The molecule has 98 valence electrons. The van der Waals surface area contributed by atoms with E-state index >= 15 is 0 Å². The molecular weight excluding hydrogens is 235 g/mol. The van der Waals surface area contributed by atoms with E-state index in [0.29, 0.717) is 0 Å². The summed E-state index contributed by atoms with van der Waals surface area (Å²) in [6, 6.07) is 0. The lowest BCUT2D eigenvalue weighted by atomic mass is 10.4. The average molecular weight is 256 g/mol. The Morgan fingerprint density at radius 3 is 2.19 bits per heavy atom. The van der Waals surface area contributed by atoms with E-state index in [1.54, 1.807) is 0 Å². The molecule has 0 aromatic rings. The zero-order chi connectivity index (χ0) is 12.8. The molecule has 0 spiro atoms. The molecule has 1 atom stereocenters. The highest BCUT2D eigenvalue weighted by Gasteiger charge is 1.94. The van der Waals surface area contributed by atoms with Crippen molar-refractivity contribution in [1.29, 1.82) is 0 Å². The first-order valence-electron chi connectivity index (χ1n) is 5.11. The lowest BCUT2D eigenvalue weighted by molar-refractivity contribution is -0.143. The van der Waals surface area contributed by atoms with Crippen LogP contribution in [0, 0.1) is 0 Å². The number of hydrogen-bond acceptors (Lipinski definition) is 5. The molecule has 0 radical (unpaired) electrons. The first-order chi connectivity index (χ1) is 7.54. The number of ether oxygens (including phenoxy) is 2. The summed E-state index contributed by atoms with van der Waals surface area (Å²) in [6.45, 7) is 5.64. The van der Waals surface area contributed by atoms with Crippen molar-refractivity contribution in [3.8, 4) is 0 Å². The Balaban J connectivity index is 0. The summed E-state index contributed by atoms with van der Waals surface area (Å²) in [5, 5.41) is 0. The molecule has 0 aromatic heterocycles. The third kappa shape index (κ3) is 23.4. The smallest absolute Gasteiger partial charge is 0.318 e. The van der Waals surface area contributed by atoms with Crippen molar-refractivity contribution < 1.29 is 28.3 Å². The second kappa shape index (κ2) is 14.6. The van der Waals surface area contributed by atoms with Crippen LogP contribution in [0.4, 0.5) is 0 Å². The minimum Gasteiger partial charge on any atom is -0.463 e. The fourth-order valence-electron chi connectivity index (χ4n) is 0.395. The van der Waals surface area contributed by atoms with Crippen LogP contribution in [0.5, 0.6) is 0 Å². The first-order valence-corrected chi connectivity index (χ1v) is 6.37. The molecule has 7 heteroatoms. The number of carbonyl (C=O) groups is 1. The monoisotopic (exact) mass is 256 g/mol. The SMILES string of the molecule is CC(=O)OCCOCO[PH](=O)O.CCCC. The highest BCUT2D eigenvalue weighted by Crippen LogP contribution is 2.13. The Bertz CT molecular complexity index is 165. The number of unbranched alkanes of at least 4 members (excludes halogenated alkanes) is 1. The van der Waals surface area contributed by atoms with Gasteiger partial charge in [0.2, 0.25) is 0 Å². The summed E-state index contributed by atoms with van der Waals surface area (Å²) < 4.78 is 23.3. The van der Waals surface area contributed by atoms with Gasteiger partial charge < -0.3 is 14.4 Å². The van der Waals surface area contributed by atoms with Crippen LogP contribution in [0.3, 0.4) is 0 Å². The fraction of sp³-hybridized carbons (Fsp3) is 0.889. The van der Waals surface area contributed by atoms with Crippen LogP contribution in [0.1, 0.15) is 33.6 Å². The van der Waals surface area contributed by atoms with Crippen LogP contribution in [0.2, 0.25) is 0 Å². The van der Waals surface area contributed by atoms with Crippen molar-refractivity contribution in [2.75, 3.05) is 20.0 Å². The Hall–Kier alpha value is -0.420. The normalized spacial score (nSPS) is 11.2. The number of carbonyl (C=O) groups excluding carboxylic acids is 1. The Morgan fingerprint density at radius 1 is 1.25 bits per heavy atom. The van der Waals surface area contributed by atoms with E-state index < -0.39 is 14.2 Å². The van der Waals surface area contributed by atoms with Gasteiger partial charge >= 0.3 is 14.2 Å². The van der Waals surface area contributed by atoms with Gasteiger partial charge in [0, 0.05) is 6.92 Å². The molecule has 1 unspecified atom stereocenters. The maximum atomic E-state index is 10.2. The van der Waals surface area contributed by atoms with Gasteiger partial charge in [-0.25, -0.2) is 0 Å². The summed E-state index contributed by atoms with van der Waals surface area (Å²) in [5.74, 6) is -0.393. The molecule has 0 fully saturated rings. The van der Waals surface area contributed by atoms with Gasteiger partial charge in [-0.05, 0) is 0 Å². The zero-order valence-electron chi connectivity index (χ0n) is 10.0. The lowest BCUT2D eigenvalue weighted by Gasteiger charge is -2.02. The van der Waals surface area contributed by atoms with Crippen LogP contribution >= 0.6 is 8.25 Å². The van der Waals surface area contributed by atoms with Gasteiger partial charge in [-0.3, -0.25) is 13.9 Å². The lowest BCUT2D eigenvalue weighted by Crippen LogP contribution is -2.08. The molecule has 0 saturated carbocycles. The van der Waals surface area contributed by atoms with Gasteiger partial charge in [0.15, 0.2) is 6.79 Å². The largest absolute Gasteiger partial charge is 0.463 e. The van der Waals surface area contributed by atoms with Crippen molar-refractivity contribution in [3.05, 3.63) is 0 Å². The predicted molar refractivity (Wildman–Crippen MR) is 60.3 cm³/mol. The summed E-state index contributed by atoms with van der Waals surface area (Å²) in [6.07, 6.45) is 2.64. The summed E-state index contributed by atoms with van der Waals surface area (Å²) in [4.78, 5) is 18.3. The van der Waals surface area contributed by atoms with Crippen molar-refractivity contribution in [3.63, 3.8) is 0 Å². The summed E-state index contributed by atoms with van der Waals surface area (Å²) in [7, 11) is -2.92. The molecule has 0 saturated heterocycles. The van der Waals surface area contributed by atoms with E-state index in [4.69, 9.17) is 4.89 Å². The molecule has 16 heavy (non-hydrogen) atoms.